The molecule has 0 aromatic rings. The van der Waals surface area contributed by atoms with E-state index in [9.17, 15) is 9.46 Å². The van der Waals surface area contributed by atoms with Crippen LogP contribution in [0.4, 0.5) is 0 Å². The van der Waals surface area contributed by atoms with E-state index in [1.165, 1.54) is 0 Å². The van der Waals surface area contributed by atoms with Gasteiger partial charge in [0.2, 0.25) is 7.37 Å². The average molecular weight is 234 g/mol. The molecule has 0 radical (unpaired) electrons. The van der Waals surface area contributed by atoms with Crippen LogP contribution in [0, 0.1) is 11.8 Å². The molecule has 0 heterocycles. The maximum absolute atomic E-state index is 12.2. The summed E-state index contributed by atoms with van der Waals surface area (Å²) in [6.45, 7) is 10.4. The largest absolute Gasteiger partial charge is 0.344 e. The molecular weight excluding hydrogens is 207 g/mol. The molecule has 0 saturated heterocycles. The smallest absolute Gasteiger partial charge is 0.203 e. The molecule has 0 aliphatic rings. The van der Waals surface area contributed by atoms with E-state index in [4.69, 9.17) is 0 Å². The number of hydrogen-bond donors (Lipinski definition) is 1. The van der Waals surface area contributed by atoms with Crippen LogP contribution in [0.5, 0.6) is 0 Å². The fourth-order valence-electron chi connectivity index (χ4n) is 2.03. The van der Waals surface area contributed by atoms with E-state index < -0.39 is 7.37 Å². The predicted octanol–water partition coefficient (Wildman–Crippen LogP) is 4.13. The Morgan fingerprint density at radius 3 is 2.00 bits per heavy atom. The standard InChI is InChI=1S/C12H27O2P/c1-6-7-12(8-10(2)3)15(13,14)9-11(4)5/h10-12H,6-9H2,1-5H3,(H,13,14). The topological polar surface area (TPSA) is 37.3 Å². The van der Waals surface area contributed by atoms with Crippen molar-refractivity contribution < 1.29 is 9.46 Å². The van der Waals surface area contributed by atoms with Crippen LogP contribution < -0.4 is 0 Å². The van der Waals surface area contributed by atoms with Crippen molar-refractivity contribution in [3.05, 3.63) is 0 Å². The van der Waals surface area contributed by atoms with Crippen molar-refractivity contribution >= 4 is 7.37 Å². The Balaban J connectivity index is 4.50. The Bertz CT molecular complexity index is 212. The van der Waals surface area contributed by atoms with Gasteiger partial charge in [-0.3, -0.25) is 4.57 Å². The van der Waals surface area contributed by atoms with E-state index >= 15 is 0 Å². The van der Waals surface area contributed by atoms with Crippen molar-refractivity contribution in [1.29, 1.82) is 0 Å². The van der Waals surface area contributed by atoms with Crippen molar-refractivity contribution in [2.45, 2.75) is 59.5 Å². The van der Waals surface area contributed by atoms with Crippen LogP contribution in [-0.4, -0.2) is 16.7 Å². The predicted molar refractivity (Wildman–Crippen MR) is 67.7 cm³/mol. The fourth-order valence-corrected chi connectivity index (χ4v) is 4.79. The average Bonchev–Trinajstić information content (AvgIpc) is 2.00. The fraction of sp³-hybridized carbons (Fsp3) is 1.00. The van der Waals surface area contributed by atoms with Gasteiger partial charge in [-0.15, -0.1) is 0 Å². The van der Waals surface area contributed by atoms with Crippen LogP contribution in [0.1, 0.15) is 53.9 Å². The summed E-state index contributed by atoms with van der Waals surface area (Å²) >= 11 is 0. The van der Waals surface area contributed by atoms with Crippen molar-refractivity contribution in [2.24, 2.45) is 11.8 Å². The number of rotatable bonds is 7. The van der Waals surface area contributed by atoms with Gasteiger partial charge in [-0.2, -0.15) is 0 Å². The second-order valence-electron chi connectivity index (χ2n) is 5.40. The normalized spacial score (nSPS) is 18.1. The molecule has 0 aromatic heterocycles. The van der Waals surface area contributed by atoms with Gasteiger partial charge >= 0.3 is 0 Å². The van der Waals surface area contributed by atoms with Crippen molar-refractivity contribution in [1.82, 2.24) is 0 Å². The lowest BCUT2D eigenvalue weighted by Gasteiger charge is -2.25. The van der Waals surface area contributed by atoms with E-state index in [-0.39, 0.29) is 5.66 Å². The highest BCUT2D eigenvalue weighted by molar-refractivity contribution is 7.58. The van der Waals surface area contributed by atoms with Gasteiger partial charge in [0.1, 0.15) is 0 Å². The van der Waals surface area contributed by atoms with E-state index in [1.807, 2.05) is 13.8 Å². The SMILES string of the molecule is CCCC(CC(C)C)P(=O)(O)CC(C)C. The first kappa shape index (κ1) is 15.2. The molecule has 3 heteroatoms. The van der Waals surface area contributed by atoms with E-state index in [0.29, 0.717) is 18.0 Å². The van der Waals surface area contributed by atoms with Crippen LogP contribution in [0.25, 0.3) is 0 Å². The molecule has 0 amide bonds. The molecule has 2 unspecified atom stereocenters. The second-order valence-corrected chi connectivity index (χ2v) is 8.01. The lowest BCUT2D eigenvalue weighted by molar-refractivity contribution is 0.425. The minimum atomic E-state index is -2.93. The minimum absolute atomic E-state index is 0.0184. The first-order valence-corrected chi connectivity index (χ1v) is 8.02. The van der Waals surface area contributed by atoms with Crippen molar-refractivity contribution in [2.75, 3.05) is 6.16 Å². The summed E-state index contributed by atoms with van der Waals surface area (Å²) in [6.07, 6.45) is 3.25. The molecule has 15 heavy (non-hydrogen) atoms. The molecule has 0 aromatic carbocycles. The first-order valence-electron chi connectivity index (χ1n) is 6.11. The lowest BCUT2D eigenvalue weighted by Crippen LogP contribution is -2.15. The first-order chi connectivity index (χ1) is 6.79. The molecule has 2 nitrogen and oxygen atoms in total. The summed E-state index contributed by atoms with van der Waals surface area (Å²) in [5.41, 5.74) is 0.0184. The van der Waals surface area contributed by atoms with Gasteiger partial charge < -0.3 is 4.89 Å². The second kappa shape index (κ2) is 6.70. The third-order valence-electron chi connectivity index (χ3n) is 2.56. The molecule has 92 valence electrons. The molecule has 0 spiro atoms. The van der Waals surface area contributed by atoms with Crippen molar-refractivity contribution in [3.8, 4) is 0 Å². The Morgan fingerprint density at radius 2 is 1.67 bits per heavy atom. The highest BCUT2D eigenvalue weighted by Gasteiger charge is 2.31. The molecule has 2 atom stereocenters. The number of hydrogen-bond acceptors (Lipinski definition) is 1. The third kappa shape index (κ3) is 6.37. The van der Waals surface area contributed by atoms with Gasteiger partial charge in [0.25, 0.3) is 0 Å². The summed E-state index contributed by atoms with van der Waals surface area (Å²) in [7, 11) is -2.93. The zero-order valence-electron chi connectivity index (χ0n) is 10.9. The summed E-state index contributed by atoms with van der Waals surface area (Å²) in [4.78, 5) is 10.1. The molecule has 1 N–H and O–H groups in total. The molecule has 0 fully saturated rings. The summed E-state index contributed by atoms with van der Waals surface area (Å²) < 4.78 is 12.2. The zero-order valence-corrected chi connectivity index (χ0v) is 11.8. The van der Waals surface area contributed by atoms with Gasteiger partial charge in [-0.05, 0) is 24.7 Å². The van der Waals surface area contributed by atoms with Crippen LogP contribution in [-0.2, 0) is 4.57 Å². The van der Waals surface area contributed by atoms with Crippen LogP contribution in [0.3, 0.4) is 0 Å². The minimum Gasteiger partial charge on any atom is -0.344 e. The summed E-state index contributed by atoms with van der Waals surface area (Å²) in [6, 6.07) is 0. The van der Waals surface area contributed by atoms with Crippen LogP contribution >= 0.6 is 7.37 Å². The maximum atomic E-state index is 12.2. The van der Waals surface area contributed by atoms with Crippen molar-refractivity contribution in [3.63, 3.8) is 0 Å². The quantitative estimate of drug-likeness (QED) is 0.672. The Morgan fingerprint density at radius 1 is 1.13 bits per heavy atom. The molecule has 0 aliphatic carbocycles. The maximum Gasteiger partial charge on any atom is 0.203 e. The monoisotopic (exact) mass is 234 g/mol. The van der Waals surface area contributed by atoms with Gasteiger partial charge in [0.05, 0.1) is 0 Å². The molecule has 0 saturated carbocycles. The lowest BCUT2D eigenvalue weighted by atomic mass is 10.1. The third-order valence-corrected chi connectivity index (χ3v) is 5.43. The Hall–Kier alpha value is 0.190. The van der Waals surface area contributed by atoms with Crippen LogP contribution in [0.15, 0.2) is 0 Å². The van der Waals surface area contributed by atoms with Gasteiger partial charge in [-0.1, -0.05) is 41.0 Å². The van der Waals surface area contributed by atoms with Gasteiger partial charge in [0.15, 0.2) is 0 Å². The molecule has 0 bridgehead atoms. The van der Waals surface area contributed by atoms with E-state index in [0.717, 1.165) is 19.3 Å². The molecular formula is C12H27O2P. The van der Waals surface area contributed by atoms with Crippen LogP contribution in [0.2, 0.25) is 0 Å². The van der Waals surface area contributed by atoms with Gasteiger partial charge in [0, 0.05) is 11.8 Å². The molecule has 0 aliphatic heterocycles. The molecule has 0 rings (SSSR count). The highest BCUT2D eigenvalue weighted by atomic mass is 31.2. The Labute approximate surface area is 94.9 Å². The highest BCUT2D eigenvalue weighted by Crippen LogP contribution is 2.51. The van der Waals surface area contributed by atoms with E-state index in [2.05, 4.69) is 20.8 Å². The zero-order chi connectivity index (χ0) is 12.1. The summed E-state index contributed by atoms with van der Waals surface area (Å²) in [5.74, 6) is 0.821. The van der Waals surface area contributed by atoms with E-state index in [1.54, 1.807) is 0 Å². The summed E-state index contributed by atoms with van der Waals surface area (Å²) in [5, 5.41) is 0. The Kier molecular flexibility index (Phi) is 6.79. The van der Waals surface area contributed by atoms with Gasteiger partial charge in [-0.25, -0.2) is 0 Å².